The number of fused-ring (bicyclic) bond motifs is 6. The Hall–Kier alpha value is -6.14. The Bertz CT molecular complexity index is 2450. The van der Waals surface area contributed by atoms with Crippen LogP contribution in [0, 0.1) is 0 Å². The zero-order valence-corrected chi connectivity index (χ0v) is 24.7. The molecule has 8 aromatic rings. The number of hydrogen-bond acceptors (Lipinski definition) is 4. The van der Waals surface area contributed by atoms with E-state index < -0.39 is 0 Å². The van der Waals surface area contributed by atoms with E-state index in [1.54, 1.807) is 6.20 Å². The van der Waals surface area contributed by atoms with E-state index in [0.717, 1.165) is 77.6 Å². The second-order valence-corrected chi connectivity index (χ2v) is 10.9. The molecule has 6 nitrogen and oxygen atoms in total. The first-order valence-electron chi connectivity index (χ1n) is 14.8. The molecular formula is C39H28N6. The molecule has 5 aromatic heterocycles. The molecule has 0 spiro atoms. The highest BCUT2D eigenvalue weighted by molar-refractivity contribution is 6.15. The van der Waals surface area contributed by atoms with Gasteiger partial charge in [-0.2, -0.15) is 0 Å². The van der Waals surface area contributed by atoms with E-state index in [4.69, 9.17) is 9.97 Å². The number of pyridine rings is 3. The van der Waals surface area contributed by atoms with Crippen molar-refractivity contribution in [2.75, 3.05) is 0 Å². The Morgan fingerprint density at radius 2 is 1.44 bits per heavy atom. The van der Waals surface area contributed by atoms with Gasteiger partial charge in [0.1, 0.15) is 11.3 Å². The number of hydrogen-bond donors (Lipinski definition) is 0. The molecular weight excluding hydrogens is 552 g/mol. The molecule has 214 valence electrons. The van der Waals surface area contributed by atoms with Gasteiger partial charge in [0.2, 0.25) is 0 Å². The first-order chi connectivity index (χ1) is 22.2. The SMILES string of the molecule is C=N/C=C\C(=C/C)c1cc(-c2ccncc2)cc(-n2c3cccnc3c3cc4c5ccccc5n(-c5ccccc5)c4nc32)c1. The topological polar surface area (TPSA) is 60.9 Å². The molecule has 0 fully saturated rings. The van der Waals surface area contributed by atoms with Crippen molar-refractivity contribution < 1.29 is 0 Å². The summed E-state index contributed by atoms with van der Waals surface area (Å²) in [6.45, 7) is 5.66. The van der Waals surface area contributed by atoms with Crippen molar-refractivity contribution in [2.24, 2.45) is 4.99 Å². The van der Waals surface area contributed by atoms with Gasteiger partial charge in [-0.3, -0.25) is 24.1 Å². The lowest BCUT2D eigenvalue weighted by Crippen LogP contribution is -2.00. The smallest absolute Gasteiger partial charge is 0.149 e. The summed E-state index contributed by atoms with van der Waals surface area (Å²) < 4.78 is 4.49. The van der Waals surface area contributed by atoms with Crippen LogP contribution in [0.5, 0.6) is 0 Å². The second kappa shape index (κ2) is 10.8. The summed E-state index contributed by atoms with van der Waals surface area (Å²) in [6, 6.07) is 36.0. The predicted octanol–water partition coefficient (Wildman–Crippen LogP) is 9.35. The number of rotatable bonds is 6. The predicted molar refractivity (Wildman–Crippen MR) is 186 cm³/mol. The molecule has 0 bridgehead atoms. The summed E-state index contributed by atoms with van der Waals surface area (Å²) >= 11 is 0. The first kappa shape index (κ1) is 26.5. The third kappa shape index (κ3) is 4.34. The van der Waals surface area contributed by atoms with Crippen molar-refractivity contribution in [1.82, 2.24) is 24.1 Å². The number of nitrogens with zero attached hydrogens (tertiary/aromatic N) is 6. The number of para-hydroxylation sites is 2. The van der Waals surface area contributed by atoms with Crippen LogP contribution in [0.1, 0.15) is 12.5 Å². The maximum absolute atomic E-state index is 5.48. The highest BCUT2D eigenvalue weighted by atomic mass is 15.1. The molecule has 5 heterocycles. The zero-order valence-electron chi connectivity index (χ0n) is 24.7. The first-order valence-corrected chi connectivity index (χ1v) is 14.8. The maximum atomic E-state index is 5.48. The molecule has 0 saturated carbocycles. The van der Waals surface area contributed by atoms with Gasteiger partial charge in [0.15, 0.2) is 0 Å². The highest BCUT2D eigenvalue weighted by Crippen LogP contribution is 2.38. The van der Waals surface area contributed by atoms with Crippen molar-refractivity contribution in [3.8, 4) is 22.5 Å². The zero-order chi connectivity index (χ0) is 30.3. The molecule has 8 rings (SSSR count). The van der Waals surface area contributed by atoms with Crippen molar-refractivity contribution in [2.45, 2.75) is 6.92 Å². The molecule has 0 radical (unpaired) electrons. The van der Waals surface area contributed by atoms with E-state index in [9.17, 15) is 0 Å². The van der Waals surface area contributed by atoms with Gasteiger partial charge in [-0.1, -0.05) is 42.5 Å². The second-order valence-electron chi connectivity index (χ2n) is 10.9. The van der Waals surface area contributed by atoms with E-state index in [1.807, 2.05) is 55.9 Å². The molecule has 6 heteroatoms. The van der Waals surface area contributed by atoms with E-state index in [2.05, 4.69) is 111 Å². The molecule has 45 heavy (non-hydrogen) atoms. The lowest BCUT2D eigenvalue weighted by Gasteiger charge is -2.14. The van der Waals surface area contributed by atoms with Gasteiger partial charge < -0.3 is 0 Å². The van der Waals surface area contributed by atoms with Gasteiger partial charge in [-0.15, -0.1) is 0 Å². The third-order valence-electron chi connectivity index (χ3n) is 8.33. The number of aromatic nitrogens is 5. The van der Waals surface area contributed by atoms with Crippen molar-refractivity contribution in [1.29, 1.82) is 0 Å². The Kier molecular flexibility index (Phi) is 6.38. The summed E-state index contributed by atoms with van der Waals surface area (Å²) in [5, 5.41) is 3.26. The number of aliphatic imine (C=N–C) groups is 1. The summed E-state index contributed by atoms with van der Waals surface area (Å²) in [7, 11) is 0. The Morgan fingerprint density at radius 3 is 2.27 bits per heavy atom. The molecule has 0 aliphatic carbocycles. The summed E-state index contributed by atoms with van der Waals surface area (Å²) in [5.41, 5.74) is 11.1. The average Bonchev–Trinajstić information content (AvgIpc) is 3.60. The van der Waals surface area contributed by atoms with Crippen LogP contribution >= 0.6 is 0 Å². The fourth-order valence-corrected chi connectivity index (χ4v) is 6.33. The molecule has 0 amide bonds. The van der Waals surface area contributed by atoms with Gasteiger partial charge in [0.25, 0.3) is 0 Å². The van der Waals surface area contributed by atoms with Crippen LogP contribution in [0.15, 0.2) is 145 Å². The molecule has 0 aliphatic rings. The van der Waals surface area contributed by atoms with Crippen LogP contribution in [-0.4, -0.2) is 30.8 Å². The van der Waals surface area contributed by atoms with Crippen molar-refractivity contribution >= 4 is 56.3 Å². The Balaban J connectivity index is 1.49. The van der Waals surface area contributed by atoms with Gasteiger partial charge >= 0.3 is 0 Å². The molecule has 3 aromatic carbocycles. The van der Waals surface area contributed by atoms with Gasteiger partial charge in [0.05, 0.1) is 16.6 Å². The van der Waals surface area contributed by atoms with Crippen LogP contribution in [0.4, 0.5) is 0 Å². The maximum Gasteiger partial charge on any atom is 0.149 e. The molecule has 0 atom stereocenters. The normalized spacial score (nSPS) is 12.2. The minimum Gasteiger partial charge on any atom is -0.294 e. The average molecular weight is 581 g/mol. The molecule has 0 aliphatic heterocycles. The third-order valence-corrected chi connectivity index (χ3v) is 8.33. The molecule has 0 unspecified atom stereocenters. The lowest BCUT2D eigenvalue weighted by molar-refractivity contribution is 1.11. The summed E-state index contributed by atoms with van der Waals surface area (Å²) in [5.74, 6) is 0. The minimum atomic E-state index is 0.847. The van der Waals surface area contributed by atoms with Crippen LogP contribution in [0.25, 0.3) is 72.1 Å². The van der Waals surface area contributed by atoms with Crippen molar-refractivity contribution in [3.05, 3.63) is 146 Å². The number of benzene rings is 3. The van der Waals surface area contributed by atoms with Crippen LogP contribution in [0.3, 0.4) is 0 Å². The Morgan fingerprint density at radius 1 is 0.689 bits per heavy atom. The van der Waals surface area contributed by atoms with E-state index in [0.29, 0.717) is 0 Å². The van der Waals surface area contributed by atoms with Crippen LogP contribution in [0.2, 0.25) is 0 Å². The summed E-state index contributed by atoms with van der Waals surface area (Å²) in [4.78, 5) is 18.6. The van der Waals surface area contributed by atoms with Gasteiger partial charge in [-0.05, 0) is 109 Å². The molecule has 0 saturated heterocycles. The van der Waals surface area contributed by atoms with Gasteiger partial charge in [0, 0.05) is 52.3 Å². The van der Waals surface area contributed by atoms with Crippen molar-refractivity contribution in [3.63, 3.8) is 0 Å². The van der Waals surface area contributed by atoms with E-state index in [1.165, 1.54) is 0 Å². The summed E-state index contributed by atoms with van der Waals surface area (Å²) in [6.07, 6.45) is 11.3. The molecule has 0 N–H and O–H groups in total. The fraction of sp³-hybridized carbons (Fsp3) is 0.0256. The standard InChI is InChI=1S/C39H28N6/c1-3-26(15-19-40-2)28-22-29(27-16-20-41-21-17-27)24-31(23-28)45-36-14-9-18-42-37(36)34-25-33-32-12-7-8-13-35(32)44(38(33)43-39(34)45)30-10-5-4-6-11-30/h3-25H,2H2,1H3/b19-15-,26-3+. The van der Waals surface area contributed by atoms with Gasteiger partial charge in [-0.25, -0.2) is 4.98 Å². The largest absolute Gasteiger partial charge is 0.294 e. The van der Waals surface area contributed by atoms with Crippen LogP contribution in [-0.2, 0) is 0 Å². The van der Waals surface area contributed by atoms with E-state index >= 15 is 0 Å². The minimum absolute atomic E-state index is 0.847. The van der Waals surface area contributed by atoms with E-state index in [-0.39, 0.29) is 0 Å². The number of allylic oxidation sites excluding steroid dienone is 3. The quantitative estimate of drug-likeness (QED) is 0.145. The highest BCUT2D eigenvalue weighted by Gasteiger charge is 2.21. The monoisotopic (exact) mass is 580 g/mol. The van der Waals surface area contributed by atoms with Crippen LogP contribution < -0.4 is 0 Å². The fourth-order valence-electron chi connectivity index (χ4n) is 6.33. The Labute approximate surface area is 260 Å². The lowest BCUT2D eigenvalue weighted by atomic mass is 9.98.